The highest BCUT2D eigenvalue weighted by Gasteiger charge is 2.14. The van der Waals surface area contributed by atoms with E-state index >= 15 is 0 Å². The third-order valence-electron chi connectivity index (χ3n) is 3.34. The summed E-state index contributed by atoms with van der Waals surface area (Å²) < 4.78 is 1.54. The van der Waals surface area contributed by atoms with Gasteiger partial charge in [-0.15, -0.1) is 0 Å². The topological polar surface area (TPSA) is 38.1 Å². The molecular formula is C13H21N3O. The van der Waals surface area contributed by atoms with Crippen LogP contribution in [-0.2, 0) is 0 Å². The van der Waals surface area contributed by atoms with Crippen LogP contribution in [0.15, 0.2) is 6.07 Å². The molecule has 4 nitrogen and oxygen atoms in total. The fourth-order valence-corrected chi connectivity index (χ4v) is 2.42. The Kier molecular flexibility index (Phi) is 3.94. The maximum atomic E-state index is 12.0. The van der Waals surface area contributed by atoms with Crippen LogP contribution < -0.4 is 0 Å². The lowest BCUT2D eigenvalue weighted by Gasteiger charge is -2.25. The molecule has 1 saturated heterocycles. The largest absolute Gasteiger partial charge is 0.303 e. The minimum absolute atomic E-state index is 0.112. The van der Waals surface area contributed by atoms with Crippen molar-refractivity contribution in [1.82, 2.24) is 14.7 Å². The molecule has 0 bridgehead atoms. The van der Waals surface area contributed by atoms with Crippen molar-refractivity contribution < 1.29 is 4.79 Å². The first-order chi connectivity index (χ1) is 8.16. The third kappa shape index (κ3) is 3.16. The van der Waals surface area contributed by atoms with E-state index in [0.29, 0.717) is 6.42 Å². The highest BCUT2D eigenvalue weighted by atomic mass is 16.2. The van der Waals surface area contributed by atoms with Crippen molar-refractivity contribution in [3.05, 3.63) is 17.5 Å². The summed E-state index contributed by atoms with van der Waals surface area (Å²) in [6, 6.07) is 1.94. The molecule has 1 aliphatic rings. The van der Waals surface area contributed by atoms with Crippen LogP contribution in [0.25, 0.3) is 0 Å². The second kappa shape index (κ2) is 5.45. The molecule has 1 aliphatic heterocycles. The number of hydrogen-bond acceptors (Lipinski definition) is 3. The molecule has 0 aromatic carbocycles. The molecule has 0 amide bonds. The molecule has 0 atom stereocenters. The quantitative estimate of drug-likeness (QED) is 0.804. The molecule has 0 spiro atoms. The van der Waals surface area contributed by atoms with E-state index in [-0.39, 0.29) is 5.91 Å². The molecule has 94 valence electrons. The standard InChI is InChI=1S/C13H21N3O/c1-11-10-12(2)16(14-11)13(17)6-9-15-7-4-3-5-8-15/h10H,3-9H2,1-2H3. The van der Waals surface area contributed by atoms with E-state index in [2.05, 4.69) is 10.00 Å². The summed E-state index contributed by atoms with van der Waals surface area (Å²) in [5, 5.41) is 4.22. The first kappa shape index (κ1) is 12.3. The van der Waals surface area contributed by atoms with E-state index in [4.69, 9.17) is 0 Å². The Morgan fingerprint density at radius 3 is 2.59 bits per heavy atom. The van der Waals surface area contributed by atoms with Crippen molar-refractivity contribution in [2.24, 2.45) is 0 Å². The summed E-state index contributed by atoms with van der Waals surface area (Å²) in [7, 11) is 0. The number of likely N-dealkylation sites (tertiary alicyclic amines) is 1. The average Bonchev–Trinajstić information content (AvgIpc) is 2.67. The van der Waals surface area contributed by atoms with Crippen LogP contribution in [0.5, 0.6) is 0 Å². The molecule has 17 heavy (non-hydrogen) atoms. The predicted molar refractivity (Wildman–Crippen MR) is 67.2 cm³/mol. The molecule has 1 aromatic heterocycles. The van der Waals surface area contributed by atoms with Crippen molar-refractivity contribution in [2.45, 2.75) is 39.5 Å². The van der Waals surface area contributed by atoms with Crippen molar-refractivity contribution in [2.75, 3.05) is 19.6 Å². The van der Waals surface area contributed by atoms with Crippen molar-refractivity contribution >= 4 is 5.91 Å². The number of carbonyl (C=O) groups is 1. The van der Waals surface area contributed by atoms with E-state index in [1.807, 2.05) is 19.9 Å². The molecule has 1 aromatic rings. The molecule has 0 unspecified atom stereocenters. The SMILES string of the molecule is Cc1cc(C)n(C(=O)CCN2CCCCC2)n1. The fourth-order valence-electron chi connectivity index (χ4n) is 2.42. The average molecular weight is 235 g/mol. The molecule has 0 N–H and O–H groups in total. The van der Waals surface area contributed by atoms with Crippen LogP contribution >= 0.6 is 0 Å². The van der Waals surface area contributed by atoms with Crippen LogP contribution in [0.3, 0.4) is 0 Å². The number of aryl methyl sites for hydroxylation is 2. The van der Waals surface area contributed by atoms with Crippen LogP contribution in [0.1, 0.15) is 41.9 Å². The van der Waals surface area contributed by atoms with Gasteiger partial charge in [-0.3, -0.25) is 4.79 Å². The van der Waals surface area contributed by atoms with Gasteiger partial charge in [-0.05, 0) is 45.8 Å². The summed E-state index contributed by atoms with van der Waals surface area (Å²) in [4.78, 5) is 14.4. The maximum Gasteiger partial charge on any atom is 0.248 e. The molecule has 2 heterocycles. The first-order valence-corrected chi connectivity index (χ1v) is 6.45. The van der Waals surface area contributed by atoms with Gasteiger partial charge in [0.1, 0.15) is 0 Å². The Morgan fingerprint density at radius 2 is 2.00 bits per heavy atom. The first-order valence-electron chi connectivity index (χ1n) is 6.45. The maximum absolute atomic E-state index is 12.0. The number of hydrogen-bond donors (Lipinski definition) is 0. The van der Waals surface area contributed by atoms with Gasteiger partial charge in [-0.1, -0.05) is 6.42 Å². The van der Waals surface area contributed by atoms with Crippen LogP contribution in [0.4, 0.5) is 0 Å². The van der Waals surface area contributed by atoms with E-state index in [1.54, 1.807) is 4.68 Å². The molecule has 1 fully saturated rings. The van der Waals surface area contributed by atoms with E-state index in [9.17, 15) is 4.79 Å². The highest BCUT2D eigenvalue weighted by molar-refractivity contribution is 5.78. The van der Waals surface area contributed by atoms with Gasteiger partial charge in [0.15, 0.2) is 0 Å². The third-order valence-corrected chi connectivity index (χ3v) is 3.34. The Bertz CT molecular complexity index is 391. The van der Waals surface area contributed by atoms with Gasteiger partial charge in [0.25, 0.3) is 0 Å². The van der Waals surface area contributed by atoms with E-state index < -0.39 is 0 Å². The molecule has 4 heteroatoms. The van der Waals surface area contributed by atoms with Gasteiger partial charge in [-0.25, -0.2) is 4.68 Å². The molecule has 0 aliphatic carbocycles. The zero-order chi connectivity index (χ0) is 12.3. The summed E-state index contributed by atoms with van der Waals surface area (Å²) >= 11 is 0. The monoisotopic (exact) mass is 235 g/mol. The van der Waals surface area contributed by atoms with Crippen molar-refractivity contribution in [3.63, 3.8) is 0 Å². The van der Waals surface area contributed by atoms with Crippen LogP contribution in [0, 0.1) is 13.8 Å². The normalized spacial score (nSPS) is 17.3. The summed E-state index contributed by atoms with van der Waals surface area (Å²) in [5.74, 6) is 0.112. The minimum Gasteiger partial charge on any atom is -0.303 e. The number of carbonyl (C=O) groups excluding carboxylic acids is 1. The smallest absolute Gasteiger partial charge is 0.248 e. The number of piperidine rings is 1. The number of rotatable bonds is 3. The van der Waals surface area contributed by atoms with Gasteiger partial charge in [0.2, 0.25) is 5.91 Å². The van der Waals surface area contributed by atoms with Crippen molar-refractivity contribution in [1.29, 1.82) is 0 Å². The summed E-state index contributed by atoms with van der Waals surface area (Å²) in [5.41, 5.74) is 1.85. The number of nitrogens with zero attached hydrogens (tertiary/aromatic N) is 3. The predicted octanol–water partition coefficient (Wildman–Crippen LogP) is 2.02. The molecule has 2 rings (SSSR count). The Hall–Kier alpha value is -1.16. The van der Waals surface area contributed by atoms with Gasteiger partial charge in [0.05, 0.1) is 5.69 Å². The van der Waals surface area contributed by atoms with Gasteiger partial charge < -0.3 is 4.90 Å². The van der Waals surface area contributed by atoms with Gasteiger partial charge in [-0.2, -0.15) is 5.10 Å². The minimum atomic E-state index is 0.112. The fraction of sp³-hybridized carbons (Fsp3) is 0.692. The van der Waals surface area contributed by atoms with E-state index in [0.717, 1.165) is 31.0 Å². The Morgan fingerprint density at radius 1 is 1.29 bits per heavy atom. The molecular weight excluding hydrogens is 214 g/mol. The van der Waals surface area contributed by atoms with Gasteiger partial charge in [0, 0.05) is 18.7 Å². The summed E-state index contributed by atoms with van der Waals surface area (Å²) in [6.07, 6.45) is 4.45. The lowest BCUT2D eigenvalue weighted by molar-refractivity contribution is 0.0859. The molecule has 0 saturated carbocycles. The molecule has 0 radical (unpaired) electrons. The second-order valence-electron chi connectivity index (χ2n) is 4.88. The highest BCUT2D eigenvalue weighted by Crippen LogP contribution is 2.09. The van der Waals surface area contributed by atoms with Crippen LogP contribution in [0.2, 0.25) is 0 Å². The Labute approximate surface area is 103 Å². The lowest BCUT2D eigenvalue weighted by atomic mass is 10.1. The van der Waals surface area contributed by atoms with Crippen LogP contribution in [-0.4, -0.2) is 40.2 Å². The summed E-state index contributed by atoms with van der Waals surface area (Å²) in [6.45, 7) is 7.01. The van der Waals surface area contributed by atoms with E-state index in [1.165, 1.54) is 19.3 Å². The zero-order valence-electron chi connectivity index (χ0n) is 10.8. The van der Waals surface area contributed by atoms with Crippen molar-refractivity contribution in [3.8, 4) is 0 Å². The lowest BCUT2D eigenvalue weighted by Crippen LogP contribution is -2.32. The zero-order valence-corrected chi connectivity index (χ0v) is 10.8. The number of aromatic nitrogens is 2. The Balaban J connectivity index is 1.86. The second-order valence-corrected chi connectivity index (χ2v) is 4.88. The van der Waals surface area contributed by atoms with Gasteiger partial charge >= 0.3 is 0 Å².